The first-order chi connectivity index (χ1) is 28.1. The van der Waals surface area contributed by atoms with Gasteiger partial charge in [-0.2, -0.15) is 0 Å². The van der Waals surface area contributed by atoms with Gasteiger partial charge in [-0.25, -0.2) is 4.57 Å². The van der Waals surface area contributed by atoms with E-state index < -0.39 is 14.5 Å². The zero-order chi connectivity index (χ0) is 45.5. The fourth-order valence-corrected chi connectivity index (χ4v) is 10.7. The molecule has 0 heterocycles. The van der Waals surface area contributed by atoms with Gasteiger partial charge in [0.1, 0.15) is 0 Å². The second kappa shape index (κ2) is 25.5. The number of hydrogen-bond donors (Lipinski definition) is 0. The molecular formula is C50H74ClIO6P2. The molecule has 0 radical (unpaired) electrons. The SMILES string of the molecule is CC(C)c1cc(C(C)C)c(-c2ccccc2I)c(C(C)C)c1.CCOP(=O)(Cl)OCC.CCOP(=O)(OCC)c1ccccc1-c1c(C(C)C)cc(C(C)C)cc1C(C)C. The van der Waals surface area contributed by atoms with E-state index in [4.69, 9.17) is 20.3 Å². The average molecular weight is 995 g/mol. The van der Waals surface area contributed by atoms with Gasteiger partial charge in [0.05, 0.1) is 31.7 Å². The largest absolute Gasteiger partial charge is 0.424 e. The van der Waals surface area contributed by atoms with E-state index in [9.17, 15) is 9.13 Å². The van der Waals surface area contributed by atoms with Gasteiger partial charge < -0.3 is 9.05 Å². The highest BCUT2D eigenvalue weighted by Crippen LogP contribution is 2.53. The highest BCUT2D eigenvalue weighted by atomic mass is 127. The van der Waals surface area contributed by atoms with Gasteiger partial charge in [-0.15, -0.1) is 0 Å². The number of halogens is 2. The van der Waals surface area contributed by atoms with Gasteiger partial charge in [-0.3, -0.25) is 13.6 Å². The number of rotatable bonds is 17. The number of hydrogen-bond acceptors (Lipinski definition) is 6. The molecule has 0 spiro atoms. The van der Waals surface area contributed by atoms with E-state index in [0.29, 0.717) is 67.2 Å². The van der Waals surface area contributed by atoms with Gasteiger partial charge in [-0.1, -0.05) is 144 Å². The maximum Gasteiger partial charge on any atom is 0.424 e. The molecule has 10 heteroatoms. The first-order valence-electron chi connectivity index (χ1n) is 21.8. The molecule has 0 fully saturated rings. The monoisotopic (exact) mass is 994 g/mol. The van der Waals surface area contributed by atoms with Crippen LogP contribution < -0.4 is 5.30 Å². The van der Waals surface area contributed by atoms with Gasteiger partial charge in [0, 0.05) is 14.8 Å². The lowest BCUT2D eigenvalue weighted by molar-refractivity contribution is 0.230. The van der Waals surface area contributed by atoms with Crippen LogP contribution in [0.2, 0.25) is 0 Å². The summed E-state index contributed by atoms with van der Waals surface area (Å²) in [4.78, 5) is 0. The van der Waals surface area contributed by atoms with Crippen molar-refractivity contribution in [3.63, 3.8) is 0 Å². The molecule has 4 aromatic rings. The molecule has 0 saturated heterocycles. The van der Waals surface area contributed by atoms with E-state index in [1.807, 2.05) is 32.0 Å². The summed E-state index contributed by atoms with van der Waals surface area (Å²) in [6.45, 7) is 32.3. The van der Waals surface area contributed by atoms with Gasteiger partial charge in [0.25, 0.3) is 0 Å². The summed E-state index contributed by atoms with van der Waals surface area (Å²) >= 11 is 7.71. The van der Waals surface area contributed by atoms with Crippen molar-refractivity contribution in [3.8, 4) is 22.3 Å². The summed E-state index contributed by atoms with van der Waals surface area (Å²) in [6.07, 6.45) is 0. The summed E-state index contributed by atoms with van der Waals surface area (Å²) in [5.41, 5.74) is 13.3. The Kier molecular flexibility index (Phi) is 23.1. The first kappa shape index (κ1) is 54.3. The van der Waals surface area contributed by atoms with E-state index in [1.54, 1.807) is 13.8 Å². The van der Waals surface area contributed by atoms with Crippen LogP contribution in [0.25, 0.3) is 22.3 Å². The second-order valence-electron chi connectivity index (χ2n) is 16.7. The van der Waals surface area contributed by atoms with E-state index in [0.717, 1.165) is 5.56 Å². The zero-order valence-corrected chi connectivity index (χ0v) is 44.0. The third-order valence-electron chi connectivity index (χ3n) is 10.0. The van der Waals surface area contributed by atoms with Crippen LogP contribution in [0.3, 0.4) is 0 Å². The average Bonchev–Trinajstić information content (AvgIpc) is 3.17. The molecule has 4 rings (SSSR count). The quantitative estimate of drug-likeness (QED) is 0.0775. The van der Waals surface area contributed by atoms with Crippen LogP contribution in [0, 0.1) is 3.57 Å². The van der Waals surface area contributed by atoms with Gasteiger partial charge in [0.2, 0.25) is 0 Å². The summed E-state index contributed by atoms with van der Waals surface area (Å²) in [7, 11) is -3.41. The van der Waals surface area contributed by atoms with Crippen LogP contribution in [0.15, 0.2) is 72.8 Å². The third kappa shape index (κ3) is 15.2. The van der Waals surface area contributed by atoms with Crippen LogP contribution in [-0.4, -0.2) is 26.4 Å². The molecule has 6 nitrogen and oxygen atoms in total. The van der Waals surface area contributed by atoms with Crippen molar-refractivity contribution in [2.45, 2.75) is 146 Å². The van der Waals surface area contributed by atoms with Crippen LogP contribution in [-0.2, 0) is 27.2 Å². The molecular weight excluding hydrogens is 921 g/mol. The molecule has 334 valence electrons. The first-order valence-corrected chi connectivity index (χ1v) is 26.9. The Labute approximate surface area is 383 Å². The molecule has 0 bridgehead atoms. The van der Waals surface area contributed by atoms with Gasteiger partial charge in [-0.05, 0) is 154 Å². The van der Waals surface area contributed by atoms with E-state index in [2.05, 4.69) is 169 Å². The topological polar surface area (TPSA) is 71.1 Å². The summed E-state index contributed by atoms with van der Waals surface area (Å²) in [6, 6.07) is 26.1. The van der Waals surface area contributed by atoms with Crippen molar-refractivity contribution < 1.29 is 27.2 Å². The standard InChI is InChI=1S/C25H37O3P.C21H27I.C4H10ClO3P/c1-9-27-29(26,28-10-2)24-14-12-11-13-21(24)25-22(18(5)6)15-20(17(3)4)16-23(25)19(7)8;1-13(2)16-11-18(14(3)4)21(19(12-16)15(5)6)17-9-7-8-10-20(17)22;1-3-7-9(5,6)8-4-2/h11-19H,9-10H2,1-8H3;7-15H,1-6H3;3-4H2,1-2H3. The Bertz CT molecular complexity index is 1960. The molecule has 0 aliphatic heterocycles. The lowest BCUT2D eigenvalue weighted by Crippen LogP contribution is -2.15. The van der Waals surface area contributed by atoms with Crippen molar-refractivity contribution in [2.24, 2.45) is 0 Å². The predicted molar refractivity (Wildman–Crippen MR) is 268 cm³/mol. The van der Waals surface area contributed by atoms with E-state index >= 15 is 0 Å². The van der Waals surface area contributed by atoms with Crippen molar-refractivity contribution in [3.05, 3.63) is 110 Å². The van der Waals surface area contributed by atoms with Crippen LogP contribution in [0.4, 0.5) is 0 Å². The maximum atomic E-state index is 13.7. The maximum absolute atomic E-state index is 13.7. The molecule has 60 heavy (non-hydrogen) atoms. The Morgan fingerprint density at radius 3 is 1.12 bits per heavy atom. The summed E-state index contributed by atoms with van der Waals surface area (Å²) < 4.78 is 46.3. The molecule has 0 amide bonds. The summed E-state index contributed by atoms with van der Waals surface area (Å²) in [5, 5.41) is 0.657. The van der Waals surface area contributed by atoms with E-state index in [-0.39, 0.29) is 0 Å². The fraction of sp³-hybridized carbons (Fsp3) is 0.520. The minimum Gasteiger partial charge on any atom is -0.305 e. The predicted octanol–water partition coefficient (Wildman–Crippen LogP) is 17.3. The molecule has 0 saturated carbocycles. The highest BCUT2D eigenvalue weighted by molar-refractivity contribution is 14.1. The third-order valence-corrected chi connectivity index (χ3v) is 14.9. The lowest BCUT2D eigenvalue weighted by Gasteiger charge is -2.26. The van der Waals surface area contributed by atoms with E-state index in [1.165, 1.54) is 53.6 Å². The molecule has 4 aromatic carbocycles. The van der Waals surface area contributed by atoms with Crippen LogP contribution >= 0.6 is 48.4 Å². The Morgan fingerprint density at radius 1 is 0.483 bits per heavy atom. The van der Waals surface area contributed by atoms with Crippen LogP contribution in [0.5, 0.6) is 0 Å². The fourth-order valence-electron chi connectivity index (χ4n) is 6.98. The molecule has 0 N–H and O–H groups in total. The minimum absolute atomic E-state index is 0.306. The van der Waals surface area contributed by atoms with Gasteiger partial charge >= 0.3 is 14.5 Å². The zero-order valence-electron chi connectivity index (χ0n) is 39.3. The molecule has 0 aliphatic carbocycles. The molecule has 0 atom stereocenters. The Morgan fingerprint density at radius 2 is 0.800 bits per heavy atom. The van der Waals surface area contributed by atoms with Crippen molar-refractivity contribution >= 4 is 53.7 Å². The molecule has 0 unspecified atom stereocenters. The molecule has 0 aromatic heterocycles. The molecule has 0 aliphatic rings. The normalized spacial score (nSPS) is 12.1. The van der Waals surface area contributed by atoms with Crippen LogP contribution in [0.1, 0.15) is 180 Å². The smallest absolute Gasteiger partial charge is 0.305 e. The van der Waals surface area contributed by atoms with Crippen molar-refractivity contribution in [2.75, 3.05) is 26.4 Å². The highest BCUT2D eigenvalue weighted by Gasteiger charge is 2.32. The Hall–Kier alpha value is -1.80. The second-order valence-corrected chi connectivity index (χ2v) is 22.4. The number of benzene rings is 4. The summed E-state index contributed by atoms with van der Waals surface area (Å²) in [5.74, 6) is 2.76. The van der Waals surface area contributed by atoms with Crippen molar-refractivity contribution in [1.29, 1.82) is 0 Å². The Balaban J connectivity index is 0.000000352. The van der Waals surface area contributed by atoms with Gasteiger partial charge in [0.15, 0.2) is 0 Å². The minimum atomic E-state index is -3.41. The van der Waals surface area contributed by atoms with Crippen molar-refractivity contribution in [1.82, 2.24) is 0 Å². The lowest BCUT2D eigenvalue weighted by atomic mass is 9.82.